The predicted molar refractivity (Wildman–Crippen MR) is 76.2 cm³/mol. The lowest BCUT2D eigenvalue weighted by Crippen LogP contribution is -2.34. The fraction of sp³-hybridized carbons (Fsp3) is 0.400. The minimum absolute atomic E-state index is 0.130. The van der Waals surface area contributed by atoms with Crippen molar-refractivity contribution in [3.8, 4) is 0 Å². The van der Waals surface area contributed by atoms with Gasteiger partial charge in [-0.05, 0) is 30.5 Å². The number of aliphatic hydroxyl groups excluding tert-OH is 1. The van der Waals surface area contributed by atoms with E-state index in [4.69, 9.17) is 0 Å². The summed E-state index contributed by atoms with van der Waals surface area (Å²) in [4.78, 5) is 15.1. The maximum atomic E-state index is 12.0. The second-order valence-electron chi connectivity index (χ2n) is 5.30. The predicted octanol–water partition coefficient (Wildman–Crippen LogP) is 2.22. The lowest BCUT2D eigenvalue weighted by molar-refractivity contribution is 0.0868. The van der Waals surface area contributed by atoms with E-state index in [0.717, 1.165) is 16.5 Å². The molecule has 1 amide bonds. The monoisotopic (exact) mass is 260 g/mol. The van der Waals surface area contributed by atoms with Gasteiger partial charge in [0.25, 0.3) is 5.91 Å². The van der Waals surface area contributed by atoms with Crippen molar-refractivity contribution >= 4 is 16.8 Å². The molecule has 0 aliphatic heterocycles. The number of fused-ring (bicyclic) bond motifs is 1. The van der Waals surface area contributed by atoms with Crippen molar-refractivity contribution < 1.29 is 9.90 Å². The van der Waals surface area contributed by atoms with Crippen molar-refractivity contribution in [1.29, 1.82) is 0 Å². The zero-order valence-corrected chi connectivity index (χ0v) is 11.5. The Balaban J connectivity index is 2.09. The van der Waals surface area contributed by atoms with Gasteiger partial charge in [0.05, 0.1) is 6.10 Å². The van der Waals surface area contributed by atoms with E-state index in [2.05, 4.69) is 10.3 Å². The molecular weight excluding hydrogens is 240 g/mol. The summed E-state index contributed by atoms with van der Waals surface area (Å²) in [6, 6.07) is 7.84. The first-order valence-electron chi connectivity index (χ1n) is 6.53. The minimum Gasteiger partial charge on any atom is -0.391 e. The van der Waals surface area contributed by atoms with Gasteiger partial charge in [-0.25, -0.2) is 0 Å². The Kier molecular flexibility index (Phi) is 3.90. The van der Waals surface area contributed by atoms with Gasteiger partial charge in [0.15, 0.2) is 0 Å². The first-order chi connectivity index (χ1) is 8.97. The number of aromatic amines is 1. The average molecular weight is 260 g/mol. The van der Waals surface area contributed by atoms with Crippen LogP contribution in [0, 0.1) is 12.8 Å². The lowest BCUT2D eigenvalue weighted by Gasteiger charge is -2.14. The van der Waals surface area contributed by atoms with Crippen molar-refractivity contribution in [1.82, 2.24) is 10.3 Å². The lowest BCUT2D eigenvalue weighted by atomic mass is 10.1. The van der Waals surface area contributed by atoms with E-state index in [-0.39, 0.29) is 18.4 Å². The molecule has 2 aromatic rings. The third-order valence-electron chi connectivity index (χ3n) is 3.26. The second-order valence-corrected chi connectivity index (χ2v) is 5.30. The number of aromatic nitrogens is 1. The van der Waals surface area contributed by atoms with Gasteiger partial charge in [-0.2, -0.15) is 0 Å². The summed E-state index contributed by atoms with van der Waals surface area (Å²) in [7, 11) is 0. The molecule has 1 atom stereocenters. The molecule has 0 aliphatic rings. The molecule has 4 heteroatoms. The topological polar surface area (TPSA) is 65.1 Å². The Labute approximate surface area is 112 Å². The number of carbonyl (C=O) groups is 1. The highest BCUT2D eigenvalue weighted by atomic mass is 16.3. The Morgan fingerprint density at radius 2 is 2.11 bits per heavy atom. The van der Waals surface area contributed by atoms with Gasteiger partial charge in [-0.3, -0.25) is 4.79 Å². The molecule has 0 spiro atoms. The first-order valence-corrected chi connectivity index (χ1v) is 6.53. The number of amides is 1. The molecule has 0 saturated heterocycles. The molecule has 102 valence electrons. The van der Waals surface area contributed by atoms with Gasteiger partial charge in [-0.15, -0.1) is 0 Å². The van der Waals surface area contributed by atoms with Gasteiger partial charge in [-0.1, -0.05) is 26.0 Å². The van der Waals surface area contributed by atoms with Gasteiger partial charge < -0.3 is 15.4 Å². The quantitative estimate of drug-likeness (QED) is 0.789. The van der Waals surface area contributed by atoms with Gasteiger partial charge >= 0.3 is 0 Å². The largest absolute Gasteiger partial charge is 0.391 e. The Morgan fingerprint density at radius 1 is 1.37 bits per heavy atom. The van der Waals surface area contributed by atoms with Gasteiger partial charge in [0.1, 0.15) is 5.69 Å². The Bertz CT molecular complexity index is 587. The summed E-state index contributed by atoms with van der Waals surface area (Å²) in [6.07, 6.45) is -0.518. The van der Waals surface area contributed by atoms with E-state index < -0.39 is 6.10 Å². The SMILES string of the molecule is Cc1ccc2cc(C(=O)NCC(O)C(C)C)[nH]c2c1. The molecule has 4 nitrogen and oxygen atoms in total. The zero-order valence-electron chi connectivity index (χ0n) is 11.5. The molecule has 2 rings (SSSR count). The molecule has 0 saturated carbocycles. The minimum atomic E-state index is -0.518. The van der Waals surface area contributed by atoms with Crippen LogP contribution >= 0.6 is 0 Å². The molecule has 1 heterocycles. The number of carbonyl (C=O) groups excluding carboxylic acids is 1. The van der Waals surface area contributed by atoms with Crippen LogP contribution in [-0.2, 0) is 0 Å². The molecule has 0 radical (unpaired) electrons. The highest BCUT2D eigenvalue weighted by molar-refractivity contribution is 5.98. The standard InChI is InChI=1S/C15H20N2O2/c1-9(2)14(18)8-16-15(19)13-7-11-5-4-10(3)6-12(11)17-13/h4-7,9,14,17-18H,8H2,1-3H3,(H,16,19). The second kappa shape index (κ2) is 5.45. The molecule has 0 aliphatic carbocycles. The van der Waals surface area contributed by atoms with Crippen LogP contribution in [0.1, 0.15) is 29.9 Å². The molecule has 1 aromatic carbocycles. The van der Waals surface area contributed by atoms with Crippen LogP contribution in [0.3, 0.4) is 0 Å². The van der Waals surface area contributed by atoms with E-state index in [1.807, 2.05) is 45.0 Å². The fourth-order valence-electron chi connectivity index (χ4n) is 1.89. The van der Waals surface area contributed by atoms with E-state index >= 15 is 0 Å². The van der Waals surface area contributed by atoms with Crippen LogP contribution in [0.2, 0.25) is 0 Å². The molecule has 1 aromatic heterocycles. The van der Waals surface area contributed by atoms with Crippen LogP contribution in [-0.4, -0.2) is 28.6 Å². The number of hydrogen-bond donors (Lipinski definition) is 3. The summed E-state index contributed by atoms with van der Waals surface area (Å²) in [5.74, 6) is -0.0563. The summed E-state index contributed by atoms with van der Waals surface area (Å²) in [6.45, 7) is 6.12. The van der Waals surface area contributed by atoms with E-state index in [9.17, 15) is 9.90 Å². The normalized spacial score (nSPS) is 12.9. The highest BCUT2D eigenvalue weighted by Gasteiger charge is 2.13. The number of hydrogen-bond acceptors (Lipinski definition) is 2. The van der Waals surface area contributed by atoms with Crippen molar-refractivity contribution in [2.45, 2.75) is 26.9 Å². The average Bonchev–Trinajstić information content (AvgIpc) is 2.78. The van der Waals surface area contributed by atoms with Crippen LogP contribution in [0.4, 0.5) is 0 Å². The summed E-state index contributed by atoms with van der Waals surface area (Å²) < 4.78 is 0. The third-order valence-corrected chi connectivity index (χ3v) is 3.26. The third kappa shape index (κ3) is 3.15. The summed E-state index contributed by atoms with van der Waals surface area (Å²) in [5, 5.41) is 13.4. The first kappa shape index (κ1) is 13.6. The number of benzene rings is 1. The molecular formula is C15H20N2O2. The van der Waals surface area contributed by atoms with Crippen molar-refractivity contribution in [3.05, 3.63) is 35.5 Å². The number of aryl methyl sites for hydroxylation is 1. The van der Waals surface area contributed by atoms with Crippen LogP contribution in [0.15, 0.2) is 24.3 Å². The zero-order chi connectivity index (χ0) is 14.0. The van der Waals surface area contributed by atoms with Crippen molar-refractivity contribution in [2.24, 2.45) is 5.92 Å². The van der Waals surface area contributed by atoms with Crippen molar-refractivity contribution in [2.75, 3.05) is 6.54 Å². The maximum Gasteiger partial charge on any atom is 0.267 e. The van der Waals surface area contributed by atoms with E-state index in [1.165, 1.54) is 0 Å². The van der Waals surface area contributed by atoms with Crippen LogP contribution in [0.25, 0.3) is 10.9 Å². The van der Waals surface area contributed by atoms with Crippen molar-refractivity contribution in [3.63, 3.8) is 0 Å². The fourth-order valence-corrected chi connectivity index (χ4v) is 1.89. The molecule has 0 fully saturated rings. The van der Waals surface area contributed by atoms with Gasteiger partial charge in [0, 0.05) is 17.4 Å². The van der Waals surface area contributed by atoms with Crippen LogP contribution in [0.5, 0.6) is 0 Å². The molecule has 1 unspecified atom stereocenters. The molecule has 19 heavy (non-hydrogen) atoms. The number of nitrogens with one attached hydrogen (secondary N) is 2. The Morgan fingerprint density at radius 3 is 2.79 bits per heavy atom. The Hall–Kier alpha value is -1.81. The van der Waals surface area contributed by atoms with E-state index in [0.29, 0.717) is 5.69 Å². The van der Waals surface area contributed by atoms with Gasteiger partial charge in [0.2, 0.25) is 0 Å². The summed E-state index contributed by atoms with van der Waals surface area (Å²) >= 11 is 0. The molecule has 3 N–H and O–H groups in total. The number of aliphatic hydroxyl groups is 1. The number of rotatable bonds is 4. The highest BCUT2D eigenvalue weighted by Crippen LogP contribution is 2.16. The van der Waals surface area contributed by atoms with Crippen LogP contribution < -0.4 is 5.32 Å². The smallest absolute Gasteiger partial charge is 0.267 e. The maximum absolute atomic E-state index is 12.0. The number of H-pyrrole nitrogens is 1. The van der Waals surface area contributed by atoms with E-state index in [1.54, 1.807) is 0 Å². The summed E-state index contributed by atoms with van der Waals surface area (Å²) in [5.41, 5.74) is 2.63. The molecule has 0 bridgehead atoms.